The number of H-pyrrole nitrogens is 1. The Bertz CT molecular complexity index is 1260. The topological polar surface area (TPSA) is 123 Å². The van der Waals surface area contributed by atoms with Crippen molar-refractivity contribution in [2.24, 2.45) is 5.73 Å². The molecule has 4 N–H and O–H groups in total. The summed E-state index contributed by atoms with van der Waals surface area (Å²) in [6.45, 7) is 4.88. The first-order valence-electron chi connectivity index (χ1n) is 10.3. The predicted octanol–water partition coefficient (Wildman–Crippen LogP) is 3.04. The minimum absolute atomic E-state index is 0.143. The number of rotatable bonds is 8. The molecule has 0 aliphatic carbocycles. The van der Waals surface area contributed by atoms with Crippen molar-refractivity contribution in [1.29, 1.82) is 0 Å². The molecule has 0 saturated heterocycles. The SMILES string of the molecule is Cc1[nH]c(=O)c(Br)c(OCc2ccc(F)cc2F)c1Cc1cnc(CNC(=O)C(C)(C)N)cn1. The lowest BCUT2D eigenvalue weighted by atomic mass is 10.1. The highest BCUT2D eigenvalue weighted by Gasteiger charge is 2.21. The molecular formula is C23H24BrF2N5O3. The van der Waals surface area contributed by atoms with Gasteiger partial charge in [0, 0.05) is 35.5 Å². The van der Waals surface area contributed by atoms with Gasteiger partial charge in [-0.05, 0) is 48.8 Å². The van der Waals surface area contributed by atoms with Crippen LogP contribution >= 0.6 is 15.9 Å². The van der Waals surface area contributed by atoms with Gasteiger partial charge in [0.2, 0.25) is 5.91 Å². The molecule has 0 aliphatic rings. The average Bonchev–Trinajstić information content (AvgIpc) is 2.76. The molecule has 0 atom stereocenters. The molecule has 0 radical (unpaired) electrons. The average molecular weight is 536 g/mol. The summed E-state index contributed by atoms with van der Waals surface area (Å²) >= 11 is 3.23. The molecule has 2 heterocycles. The van der Waals surface area contributed by atoms with E-state index in [2.05, 4.69) is 36.2 Å². The van der Waals surface area contributed by atoms with E-state index in [1.54, 1.807) is 27.0 Å². The van der Waals surface area contributed by atoms with Crippen LogP contribution in [0.1, 0.15) is 42.1 Å². The van der Waals surface area contributed by atoms with E-state index < -0.39 is 22.7 Å². The largest absolute Gasteiger partial charge is 0.487 e. The molecule has 0 fully saturated rings. The summed E-state index contributed by atoms with van der Waals surface area (Å²) in [7, 11) is 0. The number of hydrogen-bond donors (Lipinski definition) is 3. The van der Waals surface area contributed by atoms with Crippen LogP contribution in [-0.4, -0.2) is 26.4 Å². The Morgan fingerprint density at radius 3 is 2.53 bits per heavy atom. The minimum atomic E-state index is -1.00. The van der Waals surface area contributed by atoms with E-state index in [1.165, 1.54) is 12.3 Å². The first kappa shape index (κ1) is 25.4. The van der Waals surface area contributed by atoms with Crippen LogP contribution in [0.2, 0.25) is 0 Å². The Kier molecular flexibility index (Phi) is 7.78. The number of aryl methyl sites for hydroxylation is 1. The number of benzene rings is 1. The van der Waals surface area contributed by atoms with Crippen LogP contribution in [0.5, 0.6) is 5.75 Å². The van der Waals surface area contributed by atoms with Crippen molar-refractivity contribution in [3.8, 4) is 5.75 Å². The Morgan fingerprint density at radius 2 is 1.91 bits per heavy atom. The lowest BCUT2D eigenvalue weighted by molar-refractivity contribution is -0.125. The van der Waals surface area contributed by atoms with Crippen LogP contribution in [0.4, 0.5) is 8.78 Å². The zero-order valence-electron chi connectivity index (χ0n) is 18.8. The van der Waals surface area contributed by atoms with Gasteiger partial charge in [0.1, 0.15) is 28.5 Å². The van der Waals surface area contributed by atoms with E-state index in [9.17, 15) is 18.4 Å². The third kappa shape index (κ3) is 6.23. The lowest BCUT2D eigenvalue weighted by Crippen LogP contribution is -2.48. The summed E-state index contributed by atoms with van der Waals surface area (Å²) in [6.07, 6.45) is 3.35. The summed E-state index contributed by atoms with van der Waals surface area (Å²) in [4.78, 5) is 35.6. The van der Waals surface area contributed by atoms with Crippen LogP contribution in [-0.2, 0) is 24.4 Å². The summed E-state index contributed by atoms with van der Waals surface area (Å²) in [5.41, 5.74) is 6.78. The number of nitrogens with zero attached hydrogens (tertiary/aromatic N) is 2. The first-order chi connectivity index (χ1) is 16.0. The van der Waals surface area contributed by atoms with Crippen molar-refractivity contribution >= 4 is 21.8 Å². The Balaban J connectivity index is 1.79. The number of carbonyl (C=O) groups excluding carboxylic acids is 1. The molecule has 8 nitrogen and oxygen atoms in total. The Labute approximate surface area is 203 Å². The van der Waals surface area contributed by atoms with E-state index in [1.807, 2.05) is 0 Å². The van der Waals surface area contributed by atoms with Gasteiger partial charge in [-0.25, -0.2) is 8.78 Å². The maximum atomic E-state index is 14.0. The van der Waals surface area contributed by atoms with E-state index in [4.69, 9.17) is 10.5 Å². The number of hydrogen-bond acceptors (Lipinski definition) is 6. The monoisotopic (exact) mass is 535 g/mol. The smallest absolute Gasteiger partial charge is 0.266 e. The summed E-state index contributed by atoms with van der Waals surface area (Å²) in [5, 5.41) is 2.69. The summed E-state index contributed by atoms with van der Waals surface area (Å²) in [6, 6.07) is 3.19. The van der Waals surface area contributed by atoms with Gasteiger partial charge >= 0.3 is 0 Å². The van der Waals surface area contributed by atoms with E-state index in [0.717, 1.165) is 12.1 Å². The van der Waals surface area contributed by atoms with E-state index >= 15 is 0 Å². The van der Waals surface area contributed by atoms with Crippen LogP contribution in [0.15, 0.2) is 39.9 Å². The van der Waals surface area contributed by atoms with E-state index in [-0.39, 0.29) is 41.3 Å². The third-order valence-electron chi connectivity index (χ3n) is 4.95. The first-order valence-corrected chi connectivity index (χ1v) is 11.1. The molecule has 0 saturated carbocycles. The Morgan fingerprint density at radius 1 is 1.24 bits per heavy atom. The summed E-state index contributed by atoms with van der Waals surface area (Å²) < 4.78 is 33.1. The number of aromatic nitrogens is 3. The number of halogens is 3. The fraction of sp³-hybridized carbons (Fsp3) is 0.304. The molecule has 1 amide bonds. The maximum absolute atomic E-state index is 14.0. The van der Waals surface area contributed by atoms with Gasteiger partial charge in [-0.2, -0.15) is 0 Å². The van der Waals surface area contributed by atoms with Crippen molar-refractivity contribution in [2.45, 2.75) is 45.9 Å². The summed E-state index contributed by atoms with van der Waals surface area (Å²) in [5.74, 6) is -1.52. The number of ether oxygens (including phenoxy) is 1. The van der Waals surface area contributed by atoms with E-state index in [0.29, 0.717) is 22.6 Å². The van der Waals surface area contributed by atoms with Gasteiger partial charge in [0.25, 0.3) is 5.56 Å². The number of aromatic amines is 1. The standard InChI is InChI=1S/C23H24BrF2N5O3/c1-12-17(7-15-8-29-16(9-28-15)10-30-22(33)23(2,3)27)20(19(24)21(32)31-12)34-11-13-4-5-14(25)6-18(13)26/h4-6,8-9H,7,10-11,27H2,1-3H3,(H,30,33)(H,31,32). The molecule has 2 aromatic heterocycles. The van der Waals surface area contributed by atoms with Crippen molar-refractivity contribution < 1.29 is 18.3 Å². The van der Waals surface area contributed by atoms with Gasteiger partial charge in [-0.15, -0.1) is 0 Å². The highest BCUT2D eigenvalue weighted by atomic mass is 79.9. The molecule has 0 bridgehead atoms. The van der Waals surface area contributed by atoms with Crippen LogP contribution < -0.4 is 21.3 Å². The highest BCUT2D eigenvalue weighted by Crippen LogP contribution is 2.30. The minimum Gasteiger partial charge on any atom is -0.487 e. The number of carbonyl (C=O) groups is 1. The number of pyridine rings is 1. The number of nitrogens with one attached hydrogen (secondary N) is 2. The van der Waals surface area contributed by atoms with Crippen molar-refractivity contribution in [2.75, 3.05) is 0 Å². The second kappa shape index (κ2) is 10.4. The van der Waals surface area contributed by atoms with Gasteiger partial charge in [-0.1, -0.05) is 0 Å². The number of nitrogens with two attached hydrogens (primary N) is 1. The fourth-order valence-electron chi connectivity index (χ4n) is 3.00. The molecule has 1 aromatic carbocycles. The van der Waals surface area contributed by atoms with Crippen molar-refractivity contribution in [3.05, 3.63) is 85.3 Å². The third-order valence-corrected chi connectivity index (χ3v) is 5.67. The maximum Gasteiger partial charge on any atom is 0.266 e. The fourth-order valence-corrected chi connectivity index (χ4v) is 3.46. The zero-order valence-corrected chi connectivity index (χ0v) is 20.4. The predicted molar refractivity (Wildman–Crippen MR) is 125 cm³/mol. The molecule has 0 spiro atoms. The molecule has 11 heteroatoms. The molecule has 3 aromatic rings. The number of amides is 1. The zero-order chi connectivity index (χ0) is 25.0. The normalized spacial score (nSPS) is 11.4. The van der Waals surface area contributed by atoms with Crippen LogP contribution in [0.25, 0.3) is 0 Å². The molecular weight excluding hydrogens is 512 g/mol. The Hall–Kier alpha value is -3.18. The molecule has 34 heavy (non-hydrogen) atoms. The van der Waals surface area contributed by atoms with Gasteiger partial charge in [0.05, 0.1) is 29.7 Å². The van der Waals surface area contributed by atoms with Crippen molar-refractivity contribution in [3.63, 3.8) is 0 Å². The molecule has 0 aliphatic heterocycles. The van der Waals surface area contributed by atoms with Gasteiger partial charge < -0.3 is 20.8 Å². The molecule has 180 valence electrons. The van der Waals surface area contributed by atoms with Crippen LogP contribution in [0, 0.1) is 18.6 Å². The van der Waals surface area contributed by atoms with Crippen molar-refractivity contribution in [1.82, 2.24) is 20.3 Å². The second-order valence-corrected chi connectivity index (χ2v) is 9.10. The van der Waals surface area contributed by atoms with Gasteiger partial charge in [-0.3, -0.25) is 19.6 Å². The van der Waals surface area contributed by atoms with Crippen LogP contribution in [0.3, 0.4) is 0 Å². The molecule has 3 rings (SSSR count). The van der Waals surface area contributed by atoms with Gasteiger partial charge in [0.15, 0.2) is 0 Å². The second-order valence-electron chi connectivity index (χ2n) is 8.31. The lowest BCUT2D eigenvalue weighted by Gasteiger charge is -2.17. The quantitative estimate of drug-likeness (QED) is 0.407. The molecule has 0 unspecified atom stereocenters. The highest BCUT2D eigenvalue weighted by molar-refractivity contribution is 9.10.